The molecular formula is C14H15BrN4O4. The summed E-state index contributed by atoms with van der Waals surface area (Å²) < 4.78 is 5.75. The number of hydrazone groups is 1. The van der Waals surface area contributed by atoms with E-state index in [1.807, 2.05) is 0 Å². The van der Waals surface area contributed by atoms with Crippen LogP contribution >= 0.6 is 15.9 Å². The largest absolute Gasteiger partial charge is 0.483 e. The fraction of sp³-hybridized carbons (Fsp3) is 0.143. The third-order valence-corrected chi connectivity index (χ3v) is 2.94. The molecular weight excluding hydrogens is 368 g/mol. The highest BCUT2D eigenvalue weighted by Gasteiger charge is 2.10. The van der Waals surface area contributed by atoms with Crippen LogP contribution < -0.4 is 21.2 Å². The zero-order valence-electron chi connectivity index (χ0n) is 12.0. The quantitative estimate of drug-likeness (QED) is 0.267. The summed E-state index contributed by atoms with van der Waals surface area (Å²) in [6, 6.07) is 4.91. The number of hydrogen-bond acceptors (Lipinski definition) is 5. The maximum atomic E-state index is 11.4. The van der Waals surface area contributed by atoms with Crippen molar-refractivity contribution >= 4 is 39.9 Å². The molecule has 122 valence electrons. The van der Waals surface area contributed by atoms with Crippen molar-refractivity contribution in [2.24, 2.45) is 10.8 Å². The molecule has 0 spiro atoms. The minimum atomic E-state index is -0.886. The second-order valence-corrected chi connectivity index (χ2v) is 5.00. The molecule has 3 amide bonds. The number of hydrogen-bond donors (Lipinski definition) is 3. The Morgan fingerprint density at radius 1 is 1.35 bits per heavy atom. The Labute approximate surface area is 140 Å². The van der Waals surface area contributed by atoms with Gasteiger partial charge in [-0.1, -0.05) is 6.08 Å². The summed E-state index contributed by atoms with van der Waals surface area (Å²) in [5.74, 6) is -1.84. The van der Waals surface area contributed by atoms with Gasteiger partial charge in [-0.05, 0) is 39.7 Å². The number of carbonyl (C=O) groups is 3. The third kappa shape index (κ3) is 6.74. The van der Waals surface area contributed by atoms with Crippen molar-refractivity contribution in [3.8, 4) is 5.75 Å². The van der Waals surface area contributed by atoms with Crippen LogP contribution in [0, 0.1) is 0 Å². The van der Waals surface area contributed by atoms with Gasteiger partial charge in [0.1, 0.15) is 5.75 Å². The summed E-state index contributed by atoms with van der Waals surface area (Å²) in [6.07, 6.45) is 2.80. The number of benzene rings is 1. The molecule has 0 aliphatic carbocycles. The van der Waals surface area contributed by atoms with Crippen molar-refractivity contribution in [3.63, 3.8) is 0 Å². The van der Waals surface area contributed by atoms with Crippen molar-refractivity contribution in [2.75, 3.05) is 13.2 Å². The Morgan fingerprint density at radius 2 is 2.09 bits per heavy atom. The first-order valence-electron chi connectivity index (χ1n) is 6.36. The first kappa shape index (κ1) is 18.4. The molecule has 0 saturated carbocycles. The number of halogens is 1. The highest BCUT2D eigenvalue weighted by molar-refractivity contribution is 9.10. The van der Waals surface area contributed by atoms with Crippen LogP contribution in [0.3, 0.4) is 0 Å². The van der Waals surface area contributed by atoms with Crippen LogP contribution in [-0.2, 0) is 14.4 Å². The van der Waals surface area contributed by atoms with Gasteiger partial charge in [-0.15, -0.1) is 6.58 Å². The lowest BCUT2D eigenvalue weighted by Gasteiger charge is -2.06. The van der Waals surface area contributed by atoms with E-state index >= 15 is 0 Å². The third-order valence-electron chi connectivity index (χ3n) is 2.32. The number of ether oxygens (including phenoxy) is 1. The van der Waals surface area contributed by atoms with Gasteiger partial charge in [0.25, 0.3) is 5.91 Å². The summed E-state index contributed by atoms with van der Waals surface area (Å²) >= 11 is 3.27. The summed E-state index contributed by atoms with van der Waals surface area (Å²) in [4.78, 5) is 33.3. The first-order chi connectivity index (χ1) is 10.9. The van der Waals surface area contributed by atoms with Crippen LogP contribution in [0.15, 0.2) is 40.4 Å². The number of amides is 3. The molecule has 4 N–H and O–H groups in total. The molecule has 0 aliphatic heterocycles. The minimum Gasteiger partial charge on any atom is -0.483 e. The molecule has 0 heterocycles. The van der Waals surface area contributed by atoms with E-state index in [0.717, 1.165) is 0 Å². The van der Waals surface area contributed by atoms with Gasteiger partial charge < -0.3 is 15.8 Å². The van der Waals surface area contributed by atoms with Gasteiger partial charge in [0.05, 0.1) is 10.7 Å². The van der Waals surface area contributed by atoms with E-state index in [-0.39, 0.29) is 13.2 Å². The molecule has 8 nitrogen and oxygen atoms in total. The first-order valence-corrected chi connectivity index (χ1v) is 7.16. The summed E-state index contributed by atoms with van der Waals surface area (Å²) in [7, 11) is 0. The van der Waals surface area contributed by atoms with E-state index in [1.165, 1.54) is 12.3 Å². The van der Waals surface area contributed by atoms with Gasteiger partial charge in [-0.2, -0.15) is 5.10 Å². The van der Waals surface area contributed by atoms with E-state index in [0.29, 0.717) is 15.8 Å². The van der Waals surface area contributed by atoms with Crippen molar-refractivity contribution in [1.82, 2.24) is 10.7 Å². The zero-order chi connectivity index (χ0) is 17.2. The van der Waals surface area contributed by atoms with Crippen LogP contribution in [0.4, 0.5) is 0 Å². The average Bonchev–Trinajstić information content (AvgIpc) is 2.51. The highest BCUT2D eigenvalue weighted by Crippen LogP contribution is 2.25. The molecule has 0 unspecified atom stereocenters. The summed E-state index contributed by atoms with van der Waals surface area (Å²) in [5, 5.41) is 5.98. The Balaban J connectivity index is 2.58. The fourth-order valence-corrected chi connectivity index (χ4v) is 1.84. The van der Waals surface area contributed by atoms with Crippen LogP contribution in [0.25, 0.3) is 0 Å². The topological polar surface area (TPSA) is 123 Å². The number of rotatable bonds is 7. The predicted molar refractivity (Wildman–Crippen MR) is 87.8 cm³/mol. The second-order valence-electron chi connectivity index (χ2n) is 4.14. The maximum absolute atomic E-state index is 11.4. The van der Waals surface area contributed by atoms with Gasteiger partial charge in [-0.25, -0.2) is 5.43 Å². The average molecular weight is 383 g/mol. The number of primary amides is 1. The van der Waals surface area contributed by atoms with E-state index in [4.69, 9.17) is 10.5 Å². The maximum Gasteiger partial charge on any atom is 0.329 e. The minimum absolute atomic E-state index is 0.190. The molecule has 1 rings (SSSR count). The molecule has 9 heteroatoms. The van der Waals surface area contributed by atoms with Gasteiger partial charge in [0.15, 0.2) is 6.61 Å². The number of nitrogens with two attached hydrogens (primary N) is 1. The van der Waals surface area contributed by atoms with Crippen LogP contribution in [0.1, 0.15) is 5.56 Å². The SMILES string of the molecule is C=CCNC(=O)C(=O)N/N=C\c1ccc(OCC(N)=O)c(Br)c1. The lowest BCUT2D eigenvalue weighted by molar-refractivity contribution is -0.139. The van der Waals surface area contributed by atoms with Crippen molar-refractivity contribution in [2.45, 2.75) is 0 Å². The van der Waals surface area contributed by atoms with Crippen LogP contribution in [0.2, 0.25) is 0 Å². The van der Waals surface area contributed by atoms with Crippen molar-refractivity contribution in [3.05, 3.63) is 40.9 Å². The fourth-order valence-electron chi connectivity index (χ4n) is 1.32. The second kappa shape index (κ2) is 9.36. The molecule has 0 radical (unpaired) electrons. The Kier molecular flexibility index (Phi) is 7.48. The van der Waals surface area contributed by atoms with Crippen LogP contribution in [0.5, 0.6) is 5.75 Å². The standard InChI is InChI=1S/C14H15BrN4O4/c1-2-5-17-13(21)14(22)19-18-7-9-3-4-11(10(15)6-9)23-8-12(16)20/h2-4,6-7H,1,5,8H2,(H2,16,20)(H,17,21)(H,19,22)/b18-7-. The zero-order valence-corrected chi connectivity index (χ0v) is 13.6. The summed E-state index contributed by atoms with van der Waals surface area (Å²) in [6.45, 7) is 3.37. The van der Waals surface area contributed by atoms with E-state index < -0.39 is 17.7 Å². The summed E-state index contributed by atoms with van der Waals surface area (Å²) in [5.41, 5.74) is 7.72. The van der Waals surface area contributed by atoms with E-state index in [1.54, 1.807) is 18.2 Å². The molecule has 1 aromatic rings. The van der Waals surface area contributed by atoms with Gasteiger partial charge in [0.2, 0.25) is 0 Å². The molecule has 0 saturated heterocycles. The number of nitrogens with zero attached hydrogens (tertiary/aromatic N) is 1. The van der Waals surface area contributed by atoms with Gasteiger partial charge in [0, 0.05) is 6.54 Å². The van der Waals surface area contributed by atoms with Gasteiger partial charge >= 0.3 is 11.8 Å². The lowest BCUT2D eigenvalue weighted by Crippen LogP contribution is -2.37. The number of nitrogens with one attached hydrogen (secondary N) is 2. The molecule has 0 aromatic heterocycles. The highest BCUT2D eigenvalue weighted by atomic mass is 79.9. The molecule has 1 aromatic carbocycles. The van der Waals surface area contributed by atoms with Crippen molar-refractivity contribution < 1.29 is 19.1 Å². The Bertz CT molecular complexity index is 646. The molecule has 0 bridgehead atoms. The molecule has 0 atom stereocenters. The molecule has 0 fully saturated rings. The monoisotopic (exact) mass is 382 g/mol. The van der Waals surface area contributed by atoms with Crippen molar-refractivity contribution in [1.29, 1.82) is 0 Å². The van der Waals surface area contributed by atoms with Crippen LogP contribution in [-0.4, -0.2) is 37.1 Å². The molecule has 0 aliphatic rings. The Morgan fingerprint density at radius 3 is 2.70 bits per heavy atom. The normalized spacial score (nSPS) is 10.1. The van der Waals surface area contributed by atoms with E-state index in [9.17, 15) is 14.4 Å². The van der Waals surface area contributed by atoms with Gasteiger partial charge in [-0.3, -0.25) is 14.4 Å². The van der Waals surface area contributed by atoms with E-state index in [2.05, 4.69) is 38.4 Å². The Hall–Kier alpha value is -2.68. The molecule has 23 heavy (non-hydrogen) atoms. The predicted octanol–water partition coefficient (Wildman–Crippen LogP) is 0.0655. The number of carbonyl (C=O) groups excluding carboxylic acids is 3. The smallest absolute Gasteiger partial charge is 0.329 e. The lowest BCUT2D eigenvalue weighted by atomic mass is 10.2.